The van der Waals surface area contributed by atoms with Crippen LogP contribution in [-0.2, 0) is 10.0 Å². The molecule has 2 aromatic carbocycles. The van der Waals surface area contributed by atoms with Crippen LogP contribution < -0.4 is 14.4 Å². The summed E-state index contributed by atoms with van der Waals surface area (Å²) >= 11 is 0. The van der Waals surface area contributed by atoms with Gasteiger partial charge >= 0.3 is 0 Å². The Morgan fingerprint density at radius 1 is 1.26 bits per heavy atom. The summed E-state index contributed by atoms with van der Waals surface area (Å²) in [5.41, 5.74) is 1.59. The molecule has 0 atom stereocenters. The van der Waals surface area contributed by atoms with E-state index in [4.69, 9.17) is 10.00 Å². The number of ether oxygens (including phenoxy) is 1. The molecule has 1 N–H and O–H groups in total. The molecule has 1 aliphatic heterocycles. The largest absolute Gasteiger partial charge is 0.489 e. The van der Waals surface area contributed by atoms with Crippen molar-refractivity contribution in [3.05, 3.63) is 48.0 Å². The summed E-state index contributed by atoms with van der Waals surface area (Å²) in [6.07, 6.45) is 0. The molecule has 23 heavy (non-hydrogen) atoms. The zero-order chi connectivity index (χ0) is 16.4. The summed E-state index contributed by atoms with van der Waals surface area (Å²) in [5, 5.41) is 12.0. The number of sulfonamides is 1. The first-order chi connectivity index (χ1) is 11.1. The minimum atomic E-state index is -3.76. The van der Waals surface area contributed by atoms with Gasteiger partial charge in [-0.2, -0.15) is 5.26 Å². The molecule has 2 aromatic rings. The molecule has 3 rings (SSSR count). The Balaban J connectivity index is 2.10. The lowest BCUT2D eigenvalue weighted by Gasteiger charge is -2.30. The van der Waals surface area contributed by atoms with Gasteiger partial charge in [-0.3, -0.25) is 4.31 Å². The number of anilines is 2. The molecule has 1 aliphatic rings. The Bertz CT molecular complexity index is 888. The van der Waals surface area contributed by atoms with E-state index in [1.807, 2.05) is 12.1 Å². The van der Waals surface area contributed by atoms with E-state index >= 15 is 0 Å². The van der Waals surface area contributed by atoms with Crippen LogP contribution in [0.1, 0.15) is 5.56 Å². The van der Waals surface area contributed by atoms with Gasteiger partial charge < -0.3 is 10.1 Å². The van der Waals surface area contributed by atoms with Gasteiger partial charge in [0.25, 0.3) is 10.0 Å². The minimum Gasteiger partial charge on any atom is -0.489 e. The average molecular weight is 329 g/mol. The molecule has 0 spiro atoms. The summed E-state index contributed by atoms with van der Waals surface area (Å²) in [5.74, 6) is 0.523. The highest BCUT2D eigenvalue weighted by Gasteiger charge is 2.30. The molecular weight excluding hydrogens is 314 g/mol. The quantitative estimate of drug-likeness (QED) is 0.933. The number of nitriles is 1. The number of rotatable bonds is 3. The predicted octanol–water partition coefficient (Wildman–Crippen LogP) is 2.19. The maximum Gasteiger partial charge on any atom is 0.264 e. The molecule has 0 unspecified atom stereocenters. The van der Waals surface area contributed by atoms with Crippen LogP contribution in [0.15, 0.2) is 47.4 Å². The van der Waals surface area contributed by atoms with Crippen LogP contribution in [0.5, 0.6) is 5.75 Å². The molecule has 0 amide bonds. The van der Waals surface area contributed by atoms with Crippen molar-refractivity contribution in [2.45, 2.75) is 4.90 Å². The van der Waals surface area contributed by atoms with Gasteiger partial charge in [0, 0.05) is 12.7 Å². The predicted molar refractivity (Wildman–Crippen MR) is 87.2 cm³/mol. The third-order valence-electron chi connectivity index (χ3n) is 3.62. The highest BCUT2D eigenvalue weighted by Crippen LogP contribution is 2.37. The second-order valence-electron chi connectivity index (χ2n) is 5.00. The zero-order valence-electron chi connectivity index (χ0n) is 12.5. The fourth-order valence-corrected chi connectivity index (χ4v) is 3.95. The number of nitrogens with one attached hydrogen (secondary N) is 1. The fraction of sp³-hybridized carbons (Fsp3) is 0.188. The van der Waals surface area contributed by atoms with Crippen LogP contribution in [-0.4, -0.2) is 28.6 Å². The van der Waals surface area contributed by atoms with E-state index in [2.05, 4.69) is 5.32 Å². The minimum absolute atomic E-state index is 0.0965. The van der Waals surface area contributed by atoms with Crippen LogP contribution in [0.25, 0.3) is 0 Å². The molecule has 7 heteroatoms. The molecule has 118 valence electrons. The molecule has 0 radical (unpaired) electrons. The number of fused-ring (bicyclic) bond motifs is 1. The Kier molecular flexibility index (Phi) is 3.84. The van der Waals surface area contributed by atoms with Gasteiger partial charge in [-0.15, -0.1) is 0 Å². The lowest BCUT2D eigenvalue weighted by Crippen LogP contribution is -2.38. The molecule has 0 saturated carbocycles. The van der Waals surface area contributed by atoms with Crippen LogP contribution in [0.2, 0.25) is 0 Å². The summed E-state index contributed by atoms with van der Waals surface area (Å²) < 4.78 is 32.8. The number of nitrogens with zero attached hydrogens (tertiary/aromatic N) is 2. The number of benzene rings is 2. The van der Waals surface area contributed by atoms with Crippen molar-refractivity contribution in [1.29, 1.82) is 5.26 Å². The SMILES string of the molecule is CNc1ccc2c(c1)N(S(=O)(=O)c1cccc(C#N)c1)CCO2. The van der Waals surface area contributed by atoms with E-state index in [0.717, 1.165) is 5.69 Å². The Morgan fingerprint density at radius 3 is 2.83 bits per heavy atom. The Hall–Kier alpha value is -2.72. The lowest BCUT2D eigenvalue weighted by atomic mass is 10.2. The van der Waals surface area contributed by atoms with Gasteiger partial charge in [0.2, 0.25) is 0 Å². The van der Waals surface area contributed by atoms with Crippen molar-refractivity contribution in [3.63, 3.8) is 0 Å². The van der Waals surface area contributed by atoms with Gasteiger partial charge in [-0.05, 0) is 36.4 Å². The summed E-state index contributed by atoms with van der Waals surface area (Å²) in [7, 11) is -1.99. The van der Waals surface area contributed by atoms with Gasteiger partial charge in [-0.1, -0.05) is 6.07 Å². The normalized spacial score (nSPS) is 13.7. The van der Waals surface area contributed by atoms with Gasteiger partial charge in [0.15, 0.2) is 0 Å². The monoisotopic (exact) mass is 329 g/mol. The molecule has 0 aliphatic carbocycles. The molecule has 0 saturated heterocycles. The van der Waals surface area contributed by atoms with Crippen molar-refractivity contribution >= 4 is 21.4 Å². The first-order valence-electron chi connectivity index (χ1n) is 7.04. The van der Waals surface area contributed by atoms with Crippen molar-refractivity contribution in [1.82, 2.24) is 0 Å². The van der Waals surface area contributed by atoms with Crippen molar-refractivity contribution in [3.8, 4) is 11.8 Å². The Morgan fingerprint density at radius 2 is 2.09 bits per heavy atom. The van der Waals surface area contributed by atoms with Gasteiger partial charge in [-0.25, -0.2) is 8.42 Å². The highest BCUT2D eigenvalue weighted by atomic mass is 32.2. The third kappa shape index (κ3) is 2.69. The maximum atomic E-state index is 13.0. The molecular formula is C16H15N3O3S. The first-order valence-corrected chi connectivity index (χ1v) is 8.48. The standard InChI is InChI=1S/C16H15N3O3S/c1-18-13-5-6-16-15(10-13)19(7-8-22-16)23(20,21)14-4-2-3-12(9-14)11-17/h2-6,9-10,18H,7-8H2,1H3. The van der Waals surface area contributed by atoms with E-state index < -0.39 is 10.0 Å². The van der Waals surface area contributed by atoms with E-state index in [0.29, 0.717) is 17.0 Å². The summed E-state index contributed by atoms with van der Waals surface area (Å²) in [4.78, 5) is 0.0965. The van der Waals surface area contributed by atoms with Gasteiger partial charge in [0.1, 0.15) is 12.4 Å². The van der Waals surface area contributed by atoms with E-state index in [1.54, 1.807) is 31.3 Å². The van der Waals surface area contributed by atoms with Crippen molar-refractivity contribution in [2.75, 3.05) is 29.8 Å². The first kappa shape index (κ1) is 15.2. The van der Waals surface area contributed by atoms with Crippen molar-refractivity contribution in [2.24, 2.45) is 0 Å². The van der Waals surface area contributed by atoms with E-state index in [1.165, 1.54) is 16.4 Å². The van der Waals surface area contributed by atoms with E-state index in [9.17, 15) is 8.42 Å². The van der Waals surface area contributed by atoms with Gasteiger partial charge in [0.05, 0.1) is 28.8 Å². The third-order valence-corrected chi connectivity index (χ3v) is 5.43. The second kappa shape index (κ2) is 5.82. The lowest BCUT2D eigenvalue weighted by molar-refractivity contribution is 0.316. The molecule has 6 nitrogen and oxygen atoms in total. The number of hydrogen-bond acceptors (Lipinski definition) is 5. The average Bonchev–Trinajstić information content (AvgIpc) is 2.60. The van der Waals surface area contributed by atoms with Crippen LogP contribution in [0.3, 0.4) is 0 Å². The number of hydrogen-bond donors (Lipinski definition) is 1. The zero-order valence-corrected chi connectivity index (χ0v) is 13.3. The van der Waals surface area contributed by atoms with Crippen LogP contribution >= 0.6 is 0 Å². The fourth-order valence-electron chi connectivity index (χ4n) is 2.45. The molecule has 0 aromatic heterocycles. The topological polar surface area (TPSA) is 82.4 Å². The smallest absolute Gasteiger partial charge is 0.264 e. The van der Waals surface area contributed by atoms with Crippen LogP contribution in [0, 0.1) is 11.3 Å². The maximum absolute atomic E-state index is 13.0. The summed E-state index contributed by atoms with van der Waals surface area (Å²) in [6, 6.07) is 13.3. The van der Waals surface area contributed by atoms with E-state index in [-0.39, 0.29) is 18.0 Å². The molecule has 0 fully saturated rings. The molecule has 0 bridgehead atoms. The van der Waals surface area contributed by atoms with Crippen molar-refractivity contribution < 1.29 is 13.2 Å². The second-order valence-corrected chi connectivity index (χ2v) is 6.86. The summed E-state index contributed by atoms with van der Waals surface area (Å²) in [6.45, 7) is 0.502. The van der Waals surface area contributed by atoms with Crippen LogP contribution in [0.4, 0.5) is 11.4 Å². The Labute approximate surface area is 135 Å². The highest BCUT2D eigenvalue weighted by molar-refractivity contribution is 7.92. The molecule has 1 heterocycles.